The number of carbonyl (C=O) groups is 1. The highest BCUT2D eigenvalue weighted by Gasteiger charge is 2.30. The summed E-state index contributed by atoms with van der Waals surface area (Å²) in [5.41, 5.74) is 5.85. The van der Waals surface area contributed by atoms with Gasteiger partial charge in [0.05, 0.1) is 0 Å². The van der Waals surface area contributed by atoms with Crippen molar-refractivity contribution in [1.29, 1.82) is 0 Å². The Kier molecular flexibility index (Phi) is 3.45. The second-order valence-electron chi connectivity index (χ2n) is 4.32. The number of hydrogen-bond donors (Lipinski definition) is 2. The van der Waals surface area contributed by atoms with Gasteiger partial charge in [0.15, 0.2) is 0 Å². The van der Waals surface area contributed by atoms with Crippen LogP contribution in [0.15, 0.2) is 0 Å². The van der Waals surface area contributed by atoms with Gasteiger partial charge in [0.2, 0.25) is 11.0 Å². The Bertz CT molecular complexity index is 347. The van der Waals surface area contributed by atoms with Crippen LogP contribution in [0.3, 0.4) is 0 Å². The van der Waals surface area contributed by atoms with E-state index in [2.05, 4.69) is 20.1 Å². The highest BCUT2D eigenvalue weighted by molar-refractivity contribution is 7.09. The van der Waals surface area contributed by atoms with Gasteiger partial charge in [0.25, 0.3) is 0 Å². The fraction of sp³-hybridized carbons (Fsp3) is 0.778. The Labute approximate surface area is 97.8 Å². The lowest BCUT2D eigenvalue weighted by atomic mass is 9.80. The van der Waals surface area contributed by atoms with E-state index >= 15 is 0 Å². The molecule has 0 bridgehead atoms. The topological polar surface area (TPSA) is 93.8 Å². The Morgan fingerprint density at radius 3 is 2.81 bits per heavy atom. The molecule has 0 saturated heterocycles. The lowest BCUT2D eigenvalue weighted by Gasteiger charge is -2.32. The molecule has 7 heteroatoms. The molecule has 0 unspecified atom stereocenters. The molecule has 88 valence electrons. The summed E-state index contributed by atoms with van der Waals surface area (Å²) >= 11 is 1.07. The number of hydrogen-bond acceptors (Lipinski definition) is 6. The third-order valence-corrected chi connectivity index (χ3v) is 3.42. The van der Waals surface area contributed by atoms with Gasteiger partial charge in [-0.05, 0) is 18.1 Å². The van der Waals surface area contributed by atoms with E-state index in [-0.39, 0.29) is 11.4 Å². The lowest BCUT2D eigenvalue weighted by Crippen LogP contribution is -2.44. The molecule has 1 saturated carbocycles. The summed E-state index contributed by atoms with van der Waals surface area (Å²) in [6.45, 7) is 0. The van der Waals surface area contributed by atoms with Crippen LogP contribution in [0.4, 0.5) is 5.13 Å². The van der Waals surface area contributed by atoms with Crippen LogP contribution in [0, 0.1) is 0 Å². The van der Waals surface area contributed by atoms with Crippen LogP contribution in [0.25, 0.3) is 0 Å². The molecule has 0 radical (unpaired) electrons. The van der Waals surface area contributed by atoms with E-state index in [0.29, 0.717) is 11.6 Å². The number of amides is 1. The van der Waals surface area contributed by atoms with Crippen LogP contribution in [0.5, 0.6) is 0 Å². The Balaban J connectivity index is 1.86. The third kappa shape index (κ3) is 2.96. The van der Waals surface area contributed by atoms with Crippen LogP contribution >= 0.6 is 11.5 Å². The second-order valence-corrected chi connectivity index (χ2v) is 5.05. The zero-order valence-electron chi connectivity index (χ0n) is 8.98. The minimum absolute atomic E-state index is 0.0945. The summed E-state index contributed by atoms with van der Waals surface area (Å²) in [6, 6.07) is 0. The van der Waals surface area contributed by atoms with Gasteiger partial charge >= 0.3 is 0 Å². The average molecular weight is 241 g/mol. The highest BCUT2D eigenvalue weighted by atomic mass is 32.1. The van der Waals surface area contributed by atoms with E-state index in [1.54, 1.807) is 0 Å². The predicted molar refractivity (Wildman–Crippen MR) is 61.0 cm³/mol. The summed E-state index contributed by atoms with van der Waals surface area (Å²) in [4.78, 5) is 11.7. The Morgan fingerprint density at radius 2 is 2.19 bits per heavy atom. The molecular weight excluding hydrogens is 226 g/mol. The summed E-state index contributed by atoms with van der Waals surface area (Å²) < 4.78 is 3.57. The van der Waals surface area contributed by atoms with E-state index < -0.39 is 0 Å². The number of rotatable bonds is 3. The van der Waals surface area contributed by atoms with Crippen molar-refractivity contribution in [3.63, 3.8) is 0 Å². The van der Waals surface area contributed by atoms with E-state index in [1.165, 1.54) is 6.42 Å². The summed E-state index contributed by atoms with van der Waals surface area (Å²) in [5.74, 6) is -0.0945. The molecule has 0 aromatic carbocycles. The van der Waals surface area contributed by atoms with Gasteiger partial charge in [-0.1, -0.05) is 28.8 Å². The Hall–Kier alpha value is -1.08. The van der Waals surface area contributed by atoms with Crippen molar-refractivity contribution in [3.05, 3.63) is 0 Å². The maximum absolute atomic E-state index is 11.7. The summed E-state index contributed by atoms with van der Waals surface area (Å²) in [5, 5.41) is 10.2. The number of carbonyl (C=O) groups excluding carboxylic acids is 1. The zero-order valence-corrected chi connectivity index (χ0v) is 9.79. The van der Waals surface area contributed by atoms with Crippen LogP contribution in [0.1, 0.15) is 38.5 Å². The molecule has 1 aromatic rings. The number of nitrogens with one attached hydrogen (secondary N) is 1. The van der Waals surface area contributed by atoms with Gasteiger partial charge in [-0.15, -0.1) is 0 Å². The quantitative estimate of drug-likeness (QED) is 0.820. The third-order valence-electron chi connectivity index (χ3n) is 2.91. The first-order valence-corrected chi connectivity index (χ1v) is 6.19. The number of anilines is 1. The Morgan fingerprint density at radius 1 is 1.44 bits per heavy atom. The SMILES string of the molecule is NC1(CC(=O)Nc2nnns2)CCCCC1. The molecule has 1 aliphatic rings. The molecule has 3 N–H and O–H groups in total. The number of nitrogens with two attached hydrogens (primary N) is 1. The van der Waals surface area contributed by atoms with E-state index in [1.807, 2.05) is 0 Å². The second kappa shape index (κ2) is 4.84. The number of nitrogens with zero attached hydrogens (tertiary/aromatic N) is 3. The van der Waals surface area contributed by atoms with Gasteiger partial charge < -0.3 is 5.73 Å². The highest BCUT2D eigenvalue weighted by Crippen LogP contribution is 2.28. The van der Waals surface area contributed by atoms with Crippen molar-refractivity contribution in [2.24, 2.45) is 5.73 Å². The van der Waals surface area contributed by atoms with Crippen LogP contribution < -0.4 is 11.1 Å². The van der Waals surface area contributed by atoms with Crippen LogP contribution in [-0.2, 0) is 4.79 Å². The fourth-order valence-corrected chi connectivity index (χ4v) is 2.48. The molecule has 1 aliphatic carbocycles. The van der Waals surface area contributed by atoms with Crippen molar-refractivity contribution in [3.8, 4) is 0 Å². The molecule has 0 atom stereocenters. The molecule has 16 heavy (non-hydrogen) atoms. The van der Waals surface area contributed by atoms with Crippen LogP contribution in [-0.4, -0.2) is 26.2 Å². The molecule has 6 nitrogen and oxygen atoms in total. The molecule has 1 fully saturated rings. The van der Waals surface area contributed by atoms with Crippen molar-refractivity contribution in [2.45, 2.75) is 44.1 Å². The molecule has 0 spiro atoms. The first-order valence-electron chi connectivity index (χ1n) is 5.42. The minimum Gasteiger partial charge on any atom is -0.325 e. The molecule has 1 amide bonds. The van der Waals surface area contributed by atoms with E-state index in [0.717, 1.165) is 37.2 Å². The van der Waals surface area contributed by atoms with Gasteiger partial charge in [-0.25, -0.2) is 0 Å². The van der Waals surface area contributed by atoms with Crippen LogP contribution in [0.2, 0.25) is 0 Å². The largest absolute Gasteiger partial charge is 0.325 e. The summed E-state index contributed by atoms with van der Waals surface area (Å²) in [6.07, 6.45) is 5.66. The van der Waals surface area contributed by atoms with E-state index in [9.17, 15) is 4.79 Å². The first-order chi connectivity index (χ1) is 7.68. The minimum atomic E-state index is -0.333. The normalized spacial score (nSPS) is 19.3. The lowest BCUT2D eigenvalue weighted by molar-refractivity contribution is -0.117. The first kappa shape index (κ1) is 11.4. The fourth-order valence-electron chi connectivity index (χ4n) is 2.10. The van der Waals surface area contributed by atoms with Gasteiger partial charge in [-0.2, -0.15) is 0 Å². The van der Waals surface area contributed by atoms with Gasteiger partial charge in [-0.3, -0.25) is 10.1 Å². The molecule has 2 rings (SSSR count). The molecular formula is C9H15N5OS. The zero-order chi connectivity index (χ0) is 11.4. The maximum atomic E-state index is 11.7. The smallest absolute Gasteiger partial charge is 0.231 e. The van der Waals surface area contributed by atoms with Crippen molar-refractivity contribution in [2.75, 3.05) is 5.32 Å². The average Bonchev–Trinajstić information content (AvgIpc) is 2.70. The van der Waals surface area contributed by atoms with Gasteiger partial charge in [0, 0.05) is 23.5 Å². The van der Waals surface area contributed by atoms with Crippen molar-refractivity contribution in [1.82, 2.24) is 14.8 Å². The van der Waals surface area contributed by atoms with Crippen molar-refractivity contribution < 1.29 is 4.79 Å². The number of aromatic nitrogens is 3. The monoisotopic (exact) mass is 241 g/mol. The standard InChI is InChI=1S/C9H15N5OS/c10-9(4-2-1-3-5-9)6-7(15)11-8-12-13-14-16-8/h1-6,10H2,(H,11,12,14,15). The van der Waals surface area contributed by atoms with Gasteiger partial charge in [0.1, 0.15) is 0 Å². The van der Waals surface area contributed by atoms with E-state index in [4.69, 9.17) is 5.73 Å². The molecule has 1 aromatic heterocycles. The van der Waals surface area contributed by atoms with Crippen molar-refractivity contribution >= 4 is 22.6 Å². The maximum Gasteiger partial charge on any atom is 0.231 e. The summed E-state index contributed by atoms with van der Waals surface area (Å²) in [7, 11) is 0. The molecule has 0 aliphatic heterocycles. The molecule has 1 heterocycles. The predicted octanol–water partition coefficient (Wildman–Crippen LogP) is 0.923.